The first-order chi connectivity index (χ1) is 11.6. The fourth-order valence-electron chi connectivity index (χ4n) is 3.79. The van der Waals surface area contributed by atoms with Gasteiger partial charge < -0.3 is 10.4 Å². The monoisotopic (exact) mass is 359 g/mol. The smallest absolute Gasteiger partial charge is 0.335 e. The minimum Gasteiger partial charge on any atom is -0.478 e. The molecule has 2 aromatic rings. The van der Waals surface area contributed by atoms with E-state index in [4.69, 9.17) is 28.3 Å². The van der Waals surface area contributed by atoms with E-state index in [0.29, 0.717) is 10.9 Å². The van der Waals surface area contributed by atoms with Crippen molar-refractivity contribution in [1.29, 1.82) is 0 Å². The molecule has 1 aliphatic carbocycles. The van der Waals surface area contributed by atoms with Gasteiger partial charge in [0.1, 0.15) is 0 Å². The van der Waals surface area contributed by atoms with E-state index in [1.807, 2.05) is 18.2 Å². The van der Waals surface area contributed by atoms with Crippen LogP contribution in [0.5, 0.6) is 0 Å². The summed E-state index contributed by atoms with van der Waals surface area (Å²) in [6.07, 6.45) is 5.33. The summed E-state index contributed by atoms with van der Waals surface area (Å²) in [6.45, 7) is 0. The number of carbonyl (C=O) groups is 1. The van der Waals surface area contributed by atoms with Crippen molar-refractivity contribution in [3.63, 3.8) is 0 Å². The molecule has 2 N–H and O–H groups in total. The second-order valence-electron chi connectivity index (χ2n) is 6.22. The van der Waals surface area contributed by atoms with Crippen LogP contribution in [0.15, 0.2) is 48.6 Å². The van der Waals surface area contributed by atoms with Gasteiger partial charge >= 0.3 is 5.97 Å². The zero-order valence-electron chi connectivity index (χ0n) is 12.7. The van der Waals surface area contributed by atoms with Gasteiger partial charge in [0.2, 0.25) is 0 Å². The van der Waals surface area contributed by atoms with Crippen LogP contribution in [0.4, 0.5) is 5.69 Å². The van der Waals surface area contributed by atoms with Gasteiger partial charge in [0.25, 0.3) is 0 Å². The Morgan fingerprint density at radius 1 is 1.08 bits per heavy atom. The zero-order valence-corrected chi connectivity index (χ0v) is 14.2. The average Bonchev–Trinajstić information content (AvgIpc) is 3.07. The molecule has 0 saturated carbocycles. The SMILES string of the molecule is O=C(O)c1ccc([C@@H]2Nc3c(Cl)ccc(Cl)c3[C@H]3C=CC[C@@H]32)cc1. The van der Waals surface area contributed by atoms with E-state index >= 15 is 0 Å². The van der Waals surface area contributed by atoms with Crippen molar-refractivity contribution >= 4 is 34.9 Å². The number of halogens is 2. The van der Waals surface area contributed by atoms with Crippen LogP contribution in [0.3, 0.4) is 0 Å². The number of carboxylic acid groups (broad SMARTS) is 1. The molecule has 2 aromatic carbocycles. The molecule has 0 aromatic heterocycles. The number of hydrogen-bond acceptors (Lipinski definition) is 2. The molecule has 2 aliphatic rings. The summed E-state index contributed by atoms with van der Waals surface area (Å²) in [4.78, 5) is 11.1. The normalized spacial score (nSPS) is 24.2. The number of rotatable bonds is 2. The quantitative estimate of drug-likeness (QED) is 0.694. The van der Waals surface area contributed by atoms with Crippen LogP contribution in [0, 0.1) is 5.92 Å². The standard InChI is InChI=1S/C19H15Cl2NO2/c20-14-8-9-15(21)18-16(14)12-2-1-3-13(12)17(22-18)10-4-6-11(7-5-10)19(23)24/h1-2,4-9,12-13,17,22H,3H2,(H,23,24)/t12-,13-,17-/m0/s1. The molecule has 0 spiro atoms. The van der Waals surface area contributed by atoms with E-state index in [2.05, 4.69) is 17.5 Å². The molecule has 3 atom stereocenters. The van der Waals surface area contributed by atoms with Crippen LogP contribution in [-0.4, -0.2) is 11.1 Å². The van der Waals surface area contributed by atoms with Crippen molar-refractivity contribution in [1.82, 2.24) is 0 Å². The maximum Gasteiger partial charge on any atom is 0.335 e. The summed E-state index contributed by atoms with van der Waals surface area (Å²) in [5.41, 5.74) is 3.28. The summed E-state index contributed by atoms with van der Waals surface area (Å²) in [5.74, 6) is -0.362. The predicted molar refractivity (Wildman–Crippen MR) is 96.2 cm³/mol. The van der Waals surface area contributed by atoms with Crippen molar-refractivity contribution in [2.45, 2.75) is 18.4 Å². The largest absolute Gasteiger partial charge is 0.478 e. The number of nitrogens with one attached hydrogen (secondary N) is 1. The van der Waals surface area contributed by atoms with E-state index in [9.17, 15) is 4.79 Å². The lowest BCUT2D eigenvalue weighted by Gasteiger charge is -2.38. The third-order valence-corrected chi connectivity index (χ3v) is 5.58. The molecule has 0 radical (unpaired) electrons. The van der Waals surface area contributed by atoms with Gasteiger partial charge in [-0.2, -0.15) is 0 Å². The molecule has 3 nitrogen and oxygen atoms in total. The fraction of sp³-hybridized carbons (Fsp3) is 0.211. The van der Waals surface area contributed by atoms with Crippen LogP contribution in [0.1, 0.15) is 39.9 Å². The minimum absolute atomic E-state index is 0.0660. The molecule has 1 aliphatic heterocycles. The number of benzene rings is 2. The lowest BCUT2D eigenvalue weighted by atomic mass is 9.77. The van der Waals surface area contributed by atoms with Gasteiger partial charge in [0.15, 0.2) is 0 Å². The second-order valence-corrected chi connectivity index (χ2v) is 7.03. The molecule has 1 heterocycles. The van der Waals surface area contributed by atoms with E-state index < -0.39 is 5.97 Å². The van der Waals surface area contributed by atoms with Crippen LogP contribution in [-0.2, 0) is 0 Å². The molecular formula is C19H15Cl2NO2. The highest BCUT2D eigenvalue weighted by Gasteiger charge is 2.39. The number of carboxylic acids is 1. The summed E-state index contributed by atoms with van der Waals surface area (Å²) in [6, 6.07) is 10.8. The van der Waals surface area contributed by atoms with E-state index in [1.54, 1.807) is 18.2 Å². The Morgan fingerprint density at radius 3 is 2.50 bits per heavy atom. The van der Waals surface area contributed by atoms with Crippen LogP contribution >= 0.6 is 23.2 Å². The second kappa shape index (κ2) is 5.83. The molecule has 122 valence electrons. The van der Waals surface area contributed by atoms with Crippen molar-refractivity contribution < 1.29 is 9.90 Å². The van der Waals surface area contributed by atoms with E-state index in [1.165, 1.54) is 0 Å². The molecule has 0 unspecified atom stereocenters. The highest BCUT2D eigenvalue weighted by atomic mass is 35.5. The number of hydrogen-bond donors (Lipinski definition) is 2. The molecule has 0 amide bonds. The zero-order chi connectivity index (χ0) is 16.8. The Balaban J connectivity index is 1.78. The third-order valence-electron chi connectivity index (χ3n) is 4.93. The average molecular weight is 360 g/mol. The van der Waals surface area contributed by atoms with Gasteiger partial charge in [-0.25, -0.2) is 4.79 Å². The van der Waals surface area contributed by atoms with Crippen LogP contribution in [0.2, 0.25) is 10.0 Å². The molecule has 0 bridgehead atoms. The van der Waals surface area contributed by atoms with Crippen molar-refractivity contribution in [2.75, 3.05) is 5.32 Å². The Kier molecular flexibility index (Phi) is 3.78. The van der Waals surface area contributed by atoms with Crippen LogP contribution < -0.4 is 5.32 Å². The maximum absolute atomic E-state index is 11.1. The van der Waals surface area contributed by atoms with Crippen molar-refractivity contribution in [3.8, 4) is 0 Å². The minimum atomic E-state index is -0.918. The Bertz CT molecular complexity index is 845. The lowest BCUT2D eigenvalue weighted by Crippen LogP contribution is -2.29. The van der Waals surface area contributed by atoms with E-state index in [0.717, 1.165) is 28.3 Å². The van der Waals surface area contributed by atoms with Gasteiger partial charge in [0.05, 0.1) is 22.3 Å². The van der Waals surface area contributed by atoms with Crippen molar-refractivity contribution in [3.05, 3.63) is 75.3 Å². The van der Waals surface area contributed by atoms with Gasteiger partial charge in [-0.3, -0.25) is 0 Å². The molecule has 0 saturated heterocycles. The number of allylic oxidation sites excluding steroid dienone is 2. The van der Waals surface area contributed by atoms with Crippen molar-refractivity contribution in [2.24, 2.45) is 5.92 Å². The fourth-order valence-corrected chi connectivity index (χ4v) is 4.29. The number of fused-ring (bicyclic) bond motifs is 3. The Morgan fingerprint density at radius 2 is 1.79 bits per heavy atom. The maximum atomic E-state index is 11.1. The number of aromatic carboxylic acids is 1. The van der Waals surface area contributed by atoms with E-state index in [-0.39, 0.29) is 17.5 Å². The summed E-state index contributed by atoms with van der Waals surface area (Å²) < 4.78 is 0. The van der Waals surface area contributed by atoms with Gasteiger partial charge in [-0.15, -0.1) is 0 Å². The third kappa shape index (κ3) is 2.40. The highest BCUT2D eigenvalue weighted by Crippen LogP contribution is 2.53. The first-order valence-electron chi connectivity index (χ1n) is 7.80. The van der Waals surface area contributed by atoms with Gasteiger partial charge in [0, 0.05) is 16.5 Å². The van der Waals surface area contributed by atoms with Gasteiger partial charge in [-0.05, 0) is 42.2 Å². The Hall–Kier alpha value is -1.97. The van der Waals surface area contributed by atoms with Gasteiger partial charge in [-0.1, -0.05) is 47.5 Å². The molecule has 24 heavy (non-hydrogen) atoms. The first-order valence-corrected chi connectivity index (χ1v) is 8.56. The first kappa shape index (κ1) is 15.6. The summed E-state index contributed by atoms with van der Waals surface area (Å²) in [5, 5.41) is 14.0. The topological polar surface area (TPSA) is 49.3 Å². The highest BCUT2D eigenvalue weighted by molar-refractivity contribution is 6.36. The molecule has 0 fully saturated rings. The predicted octanol–water partition coefficient (Wildman–Crippen LogP) is 5.52. The molecule has 4 rings (SSSR count). The number of anilines is 1. The summed E-state index contributed by atoms with van der Waals surface area (Å²) in [7, 11) is 0. The van der Waals surface area contributed by atoms with Crippen LogP contribution in [0.25, 0.3) is 0 Å². The lowest BCUT2D eigenvalue weighted by molar-refractivity contribution is 0.0697. The summed E-state index contributed by atoms with van der Waals surface area (Å²) >= 11 is 12.8. The Labute approximate surface area is 149 Å². The molecule has 5 heteroatoms. The molecular weight excluding hydrogens is 345 g/mol.